The molecule has 1 fully saturated rings. The summed E-state index contributed by atoms with van der Waals surface area (Å²) in [5.41, 5.74) is 3.94. The SMILES string of the molecule is CNC(=O)C1(Cc2cccc(-c3ccc(C)cc3)c2)CCN(C(=O)Cn2nc(C)nc2C)C1. The molecule has 0 spiro atoms. The van der Waals surface area contributed by atoms with Crippen molar-refractivity contribution in [2.75, 3.05) is 20.1 Å². The van der Waals surface area contributed by atoms with Crippen LogP contribution in [0.15, 0.2) is 48.5 Å². The summed E-state index contributed by atoms with van der Waals surface area (Å²) in [6.45, 7) is 6.81. The molecule has 33 heavy (non-hydrogen) atoms. The number of hydrogen-bond acceptors (Lipinski definition) is 4. The molecule has 2 heterocycles. The van der Waals surface area contributed by atoms with Gasteiger partial charge < -0.3 is 10.2 Å². The fraction of sp³-hybridized carbons (Fsp3) is 0.385. The van der Waals surface area contributed by atoms with Crippen molar-refractivity contribution < 1.29 is 9.59 Å². The zero-order chi connectivity index (χ0) is 23.6. The first kappa shape index (κ1) is 22.7. The molecule has 2 aromatic carbocycles. The standard InChI is InChI=1S/C26H31N5O2/c1-18-8-10-22(11-9-18)23-7-5-6-21(14-23)15-26(25(33)27-4)12-13-30(17-26)24(32)16-31-20(3)28-19(2)29-31/h5-11,14H,12-13,15-17H2,1-4H3,(H,27,33). The van der Waals surface area contributed by atoms with Crippen LogP contribution in [0.2, 0.25) is 0 Å². The highest BCUT2D eigenvalue weighted by molar-refractivity contribution is 5.85. The zero-order valence-electron chi connectivity index (χ0n) is 19.8. The van der Waals surface area contributed by atoms with E-state index in [1.807, 2.05) is 19.9 Å². The highest BCUT2D eigenvalue weighted by atomic mass is 16.2. The Morgan fingerprint density at radius 2 is 1.82 bits per heavy atom. The van der Waals surface area contributed by atoms with Crippen molar-refractivity contribution in [1.29, 1.82) is 0 Å². The van der Waals surface area contributed by atoms with E-state index in [-0.39, 0.29) is 18.4 Å². The van der Waals surface area contributed by atoms with Crippen LogP contribution in [-0.4, -0.2) is 51.6 Å². The third-order valence-electron chi connectivity index (χ3n) is 6.52. The van der Waals surface area contributed by atoms with E-state index in [4.69, 9.17) is 0 Å². The Kier molecular flexibility index (Phi) is 6.31. The van der Waals surface area contributed by atoms with Gasteiger partial charge in [-0.05, 0) is 50.3 Å². The number of carbonyl (C=O) groups is 2. The number of nitrogens with one attached hydrogen (secondary N) is 1. The van der Waals surface area contributed by atoms with Gasteiger partial charge in [0.25, 0.3) is 0 Å². The van der Waals surface area contributed by atoms with Gasteiger partial charge in [0, 0.05) is 20.1 Å². The first-order valence-corrected chi connectivity index (χ1v) is 11.3. The van der Waals surface area contributed by atoms with Gasteiger partial charge in [0.15, 0.2) is 0 Å². The van der Waals surface area contributed by atoms with Gasteiger partial charge >= 0.3 is 0 Å². The lowest BCUT2D eigenvalue weighted by Gasteiger charge is -2.28. The van der Waals surface area contributed by atoms with Crippen molar-refractivity contribution in [3.63, 3.8) is 0 Å². The molecule has 2 amide bonds. The second kappa shape index (κ2) is 9.17. The number of aromatic nitrogens is 3. The summed E-state index contributed by atoms with van der Waals surface area (Å²) in [7, 11) is 1.67. The highest BCUT2D eigenvalue weighted by Gasteiger charge is 2.45. The molecule has 3 aromatic rings. The molecule has 172 valence electrons. The van der Waals surface area contributed by atoms with E-state index in [2.05, 4.69) is 64.8 Å². The Hall–Kier alpha value is -3.48. The van der Waals surface area contributed by atoms with Crippen molar-refractivity contribution in [3.8, 4) is 11.1 Å². The summed E-state index contributed by atoms with van der Waals surface area (Å²) < 4.78 is 1.63. The maximum atomic E-state index is 13.0. The Morgan fingerprint density at radius 1 is 1.06 bits per heavy atom. The van der Waals surface area contributed by atoms with Crippen LogP contribution >= 0.6 is 0 Å². The van der Waals surface area contributed by atoms with Crippen molar-refractivity contribution in [3.05, 3.63) is 71.3 Å². The fourth-order valence-electron chi connectivity index (χ4n) is 4.70. The fourth-order valence-corrected chi connectivity index (χ4v) is 4.70. The van der Waals surface area contributed by atoms with E-state index < -0.39 is 5.41 Å². The normalized spacial score (nSPS) is 17.9. The smallest absolute Gasteiger partial charge is 0.244 e. The second-order valence-electron chi connectivity index (χ2n) is 9.03. The first-order chi connectivity index (χ1) is 15.8. The lowest BCUT2D eigenvalue weighted by molar-refractivity contribution is -0.133. The average molecular weight is 446 g/mol. The number of benzene rings is 2. The first-order valence-electron chi connectivity index (χ1n) is 11.3. The minimum absolute atomic E-state index is 0.0219. The molecular formula is C26H31N5O2. The molecule has 1 aromatic heterocycles. The molecule has 0 radical (unpaired) electrons. The molecule has 1 atom stereocenters. The molecule has 1 saturated heterocycles. The van der Waals surface area contributed by atoms with Gasteiger partial charge in [-0.3, -0.25) is 9.59 Å². The third kappa shape index (κ3) is 4.82. The minimum Gasteiger partial charge on any atom is -0.359 e. The quantitative estimate of drug-likeness (QED) is 0.632. The maximum Gasteiger partial charge on any atom is 0.244 e. The summed E-state index contributed by atoms with van der Waals surface area (Å²) in [6.07, 6.45) is 1.21. The highest BCUT2D eigenvalue weighted by Crippen LogP contribution is 2.36. The second-order valence-corrected chi connectivity index (χ2v) is 9.03. The van der Waals surface area contributed by atoms with Crippen LogP contribution in [0.25, 0.3) is 11.1 Å². The molecule has 0 aliphatic carbocycles. The lowest BCUT2D eigenvalue weighted by Crippen LogP contribution is -2.44. The van der Waals surface area contributed by atoms with E-state index >= 15 is 0 Å². The molecule has 4 rings (SSSR count). The van der Waals surface area contributed by atoms with Crippen molar-refractivity contribution in [2.45, 2.75) is 40.2 Å². The Balaban J connectivity index is 1.53. The lowest BCUT2D eigenvalue weighted by atomic mass is 9.79. The number of amides is 2. The number of hydrogen-bond donors (Lipinski definition) is 1. The number of likely N-dealkylation sites (tertiary alicyclic amines) is 1. The van der Waals surface area contributed by atoms with Crippen molar-refractivity contribution in [1.82, 2.24) is 25.0 Å². The molecule has 1 N–H and O–H groups in total. The summed E-state index contributed by atoms with van der Waals surface area (Å²) >= 11 is 0. The number of nitrogens with zero attached hydrogens (tertiary/aromatic N) is 4. The van der Waals surface area contributed by atoms with E-state index in [0.717, 1.165) is 16.7 Å². The van der Waals surface area contributed by atoms with Gasteiger partial charge in [0.05, 0.1) is 5.41 Å². The number of rotatable bonds is 6. The van der Waals surface area contributed by atoms with Gasteiger partial charge in [-0.2, -0.15) is 5.10 Å². The molecule has 7 nitrogen and oxygen atoms in total. The number of aryl methyl sites for hydroxylation is 3. The topological polar surface area (TPSA) is 80.1 Å². The zero-order valence-corrected chi connectivity index (χ0v) is 19.8. The summed E-state index contributed by atoms with van der Waals surface area (Å²) in [6, 6.07) is 16.8. The van der Waals surface area contributed by atoms with Crippen LogP contribution in [0.5, 0.6) is 0 Å². The largest absolute Gasteiger partial charge is 0.359 e. The van der Waals surface area contributed by atoms with Crippen molar-refractivity contribution in [2.24, 2.45) is 5.41 Å². The molecule has 7 heteroatoms. The molecule has 1 aliphatic rings. The average Bonchev–Trinajstić information content (AvgIpc) is 3.37. The van der Waals surface area contributed by atoms with Crippen LogP contribution in [0.3, 0.4) is 0 Å². The van der Waals surface area contributed by atoms with Crippen LogP contribution in [0, 0.1) is 26.2 Å². The van der Waals surface area contributed by atoms with Gasteiger partial charge in [-0.15, -0.1) is 0 Å². The molecule has 1 aliphatic heterocycles. The van der Waals surface area contributed by atoms with E-state index in [1.165, 1.54) is 5.56 Å². The minimum atomic E-state index is -0.649. The Labute approximate surface area is 194 Å². The number of carbonyl (C=O) groups excluding carboxylic acids is 2. The Morgan fingerprint density at radius 3 is 2.48 bits per heavy atom. The molecule has 0 bridgehead atoms. The van der Waals surface area contributed by atoms with Crippen LogP contribution in [-0.2, 0) is 22.6 Å². The summed E-state index contributed by atoms with van der Waals surface area (Å²) in [4.78, 5) is 32.1. The molecular weight excluding hydrogens is 414 g/mol. The van der Waals surface area contributed by atoms with Gasteiger partial charge in [-0.25, -0.2) is 9.67 Å². The summed E-state index contributed by atoms with van der Waals surface area (Å²) in [5.74, 6) is 1.30. The van der Waals surface area contributed by atoms with E-state index in [0.29, 0.717) is 37.6 Å². The predicted octanol–water partition coefficient (Wildman–Crippen LogP) is 3.08. The van der Waals surface area contributed by atoms with Crippen LogP contribution in [0.4, 0.5) is 0 Å². The predicted molar refractivity (Wildman–Crippen MR) is 128 cm³/mol. The van der Waals surface area contributed by atoms with Gasteiger partial charge in [0.1, 0.15) is 18.2 Å². The molecule has 1 unspecified atom stereocenters. The van der Waals surface area contributed by atoms with Crippen LogP contribution in [0.1, 0.15) is 29.2 Å². The monoisotopic (exact) mass is 445 g/mol. The third-order valence-corrected chi connectivity index (χ3v) is 6.52. The molecule has 0 saturated carbocycles. The van der Waals surface area contributed by atoms with E-state index in [1.54, 1.807) is 16.6 Å². The Bertz CT molecular complexity index is 1170. The van der Waals surface area contributed by atoms with Gasteiger partial charge in [0.2, 0.25) is 11.8 Å². The van der Waals surface area contributed by atoms with Crippen LogP contribution < -0.4 is 5.32 Å². The van der Waals surface area contributed by atoms with Crippen molar-refractivity contribution >= 4 is 11.8 Å². The summed E-state index contributed by atoms with van der Waals surface area (Å²) in [5, 5.41) is 7.14. The van der Waals surface area contributed by atoms with E-state index in [9.17, 15) is 9.59 Å². The van der Waals surface area contributed by atoms with Gasteiger partial charge in [-0.1, -0.05) is 54.1 Å². The maximum absolute atomic E-state index is 13.0.